The van der Waals surface area contributed by atoms with Crippen LogP contribution >= 0.6 is 0 Å². The molecule has 2 heterocycles. The molecule has 0 bridgehead atoms. The van der Waals surface area contributed by atoms with E-state index in [1.165, 1.54) is 0 Å². The van der Waals surface area contributed by atoms with E-state index in [0.29, 0.717) is 17.2 Å². The van der Waals surface area contributed by atoms with Crippen molar-refractivity contribution in [3.05, 3.63) is 53.7 Å². The molecule has 7 heteroatoms. The summed E-state index contributed by atoms with van der Waals surface area (Å²) in [7, 11) is 0. The summed E-state index contributed by atoms with van der Waals surface area (Å²) in [5.41, 5.74) is 7.47. The molecule has 1 aromatic heterocycles. The Kier molecular flexibility index (Phi) is 3.87. The molecular weight excluding hydrogens is 382 g/mol. The van der Waals surface area contributed by atoms with Crippen LogP contribution in [0.15, 0.2) is 42.5 Å². The van der Waals surface area contributed by atoms with Crippen LogP contribution in [0, 0.1) is 0 Å². The van der Waals surface area contributed by atoms with E-state index in [2.05, 4.69) is 10.3 Å². The number of amides is 2. The minimum Gasteiger partial charge on any atom is -0.454 e. The molecule has 0 saturated heterocycles. The standard InChI is InChI=1S/C23H23N3O4/c1-22(2,20(24)27)19-10-13-9-15(4-5-16(13)26-19)25-21(28)23(7-8-23)14-3-6-17-18(11-14)30-12-29-17/h3-6,9-11,26H,7-8,12H2,1-2H3,(H2,24,27)(H,25,28). The van der Waals surface area contributed by atoms with Crippen molar-refractivity contribution in [3.63, 3.8) is 0 Å². The summed E-state index contributed by atoms with van der Waals surface area (Å²) in [6.07, 6.45) is 1.59. The van der Waals surface area contributed by atoms with Crippen LogP contribution in [0.3, 0.4) is 0 Å². The molecule has 4 N–H and O–H groups in total. The van der Waals surface area contributed by atoms with Crippen LogP contribution in [0.4, 0.5) is 5.69 Å². The van der Waals surface area contributed by atoms with Gasteiger partial charge in [-0.15, -0.1) is 0 Å². The van der Waals surface area contributed by atoms with Crippen LogP contribution in [-0.4, -0.2) is 23.6 Å². The molecule has 3 aromatic rings. The number of nitrogens with two attached hydrogens (primary N) is 1. The van der Waals surface area contributed by atoms with E-state index in [9.17, 15) is 9.59 Å². The number of anilines is 1. The Morgan fingerprint density at radius 2 is 1.83 bits per heavy atom. The minimum absolute atomic E-state index is 0.0334. The lowest BCUT2D eigenvalue weighted by Crippen LogP contribution is -2.35. The van der Waals surface area contributed by atoms with Gasteiger partial charge in [-0.05, 0) is 68.7 Å². The summed E-state index contributed by atoms with van der Waals surface area (Å²) in [5, 5.41) is 3.96. The van der Waals surface area contributed by atoms with Gasteiger partial charge in [0.1, 0.15) is 0 Å². The van der Waals surface area contributed by atoms with Crippen LogP contribution in [0.5, 0.6) is 11.5 Å². The van der Waals surface area contributed by atoms with Gasteiger partial charge >= 0.3 is 0 Å². The molecule has 0 radical (unpaired) electrons. The first-order chi connectivity index (χ1) is 14.3. The second kappa shape index (κ2) is 6.26. The number of rotatable bonds is 5. The molecule has 1 fully saturated rings. The molecule has 1 aliphatic carbocycles. The second-order valence-corrected chi connectivity index (χ2v) is 8.58. The van der Waals surface area contributed by atoms with Crippen molar-refractivity contribution < 1.29 is 19.1 Å². The fraction of sp³-hybridized carbons (Fsp3) is 0.304. The van der Waals surface area contributed by atoms with E-state index < -0.39 is 16.7 Å². The number of carbonyl (C=O) groups excluding carboxylic acids is 2. The first-order valence-electron chi connectivity index (χ1n) is 9.94. The summed E-state index contributed by atoms with van der Waals surface area (Å²) in [6.45, 7) is 3.78. The number of primary amides is 1. The number of H-pyrrole nitrogens is 1. The molecule has 1 saturated carbocycles. The van der Waals surface area contributed by atoms with Crippen LogP contribution in [0.25, 0.3) is 10.9 Å². The largest absolute Gasteiger partial charge is 0.454 e. The van der Waals surface area contributed by atoms with Crippen LogP contribution in [0.1, 0.15) is 37.9 Å². The smallest absolute Gasteiger partial charge is 0.235 e. The number of aromatic amines is 1. The van der Waals surface area contributed by atoms with Crippen molar-refractivity contribution in [2.75, 3.05) is 12.1 Å². The lowest BCUT2D eigenvalue weighted by atomic mass is 9.89. The Morgan fingerprint density at radius 3 is 2.57 bits per heavy atom. The third-order valence-corrected chi connectivity index (χ3v) is 6.28. The SMILES string of the molecule is CC(C)(C(N)=O)c1cc2cc(NC(=O)C3(c4ccc5c(c4)OCO5)CC3)ccc2[nH]1. The third kappa shape index (κ3) is 2.81. The molecule has 0 spiro atoms. The number of fused-ring (bicyclic) bond motifs is 2. The number of hydrogen-bond donors (Lipinski definition) is 3. The fourth-order valence-corrected chi connectivity index (χ4v) is 3.90. The summed E-state index contributed by atoms with van der Waals surface area (Å²) >= 11 is 0. The molecule has 154 valence electrons. The Bertz CT molecular complexity index is 1190. The highest BCUT2D eigenvalue weighted by atomic mass is 16.7. The maximum Gasteiger partial charge on any atom is 0.235 e. The van der Waals surface area contributed by atoms with Gasteiger partial charge in [-0.3, -0.25) is 9.59 Å². The minimum atomic E-state index is -0.806. The highest BCUT2D eigenvalue weighted by Gasteiger charge is 2.51. The van der Waals surface area contributed by atoms with Gasteiger partial charge in [0.2, 0.25) is 18.6 Å². The Morgan fingerprint density at radius 1 is 1.07 bits per heavy atom. The van der Waals surface area contributed by atoms with Gasteiger partial charge < -0.3 is 25.5 Å². The maximum atomic E-state index is 13.1. The average molecular weight is 405 g/mol. The van der Waals surface area contributed by atoms with Gasteiger partial charge in [0, 0.05) is 22.3 Å². The van der Waals surface area contributed by atoms with Gasteiger partial charge in [0.05, 0.1) is 10.8 Å². The first-order valence-corrected chi connectivity index (χ1v) is 9.94. The van der Waals surface area contributed by atoms with E-state index >= 15 is 0 Å². The molecule has 2 aliphatic rings. The van der Waals surface area contributed by atoms with Gasteiger partial charge in [-0.25, -0.2) is 0 Å². The van der Waals surface area contributed by atoms with Crippen molar-refractivity contribution in [2.24, 2.45) is 5.73 Å². The molecule has 7 nitrogen and oxygen atoms in total. The van der Waals surface area contributed by atoms with Gasteiger partial charge in [-0.1, -0.05) is 6.07 Å². The Labute approximate surface area is 173 Å². The fourth-order valence-electron chi connectivity index (χ4n) is 3.90. The zero-order chi connectivity index (χ0) is 21.1. The van der Waals surface area contributed by atoms with Crippen molar-refractivity contribution in [2.45, 2.75) is 37.5 Å². The zero-order valence-corrected chi connectivity index (χ0v) is 16.9. The predicted molar refractivity (Wildman–Crippen MR) is 113 cm³/mol. The maximum absolute atomic E-state index is 13.1. The molecular formula is C23H23N3O4. The molecule has 0 unspecified atom stereocenters. The van der Waals surface area contributed by atoms with Crippen molar-refractivity contribution in [3.8, 4) is 11.5 Å². The number of nitrogens with one attached hydrogen (secondary N) is 2. The Balaban J connectivity index is 1.40. The van der Waals surface area contributed by atoms with Gasteiger partial charge in [-0.2, -0.15) is 0 Å². The molecule has 0 atom stereocenters. The number of carbonyl (C=O) groups is 2. The summed E-state index contributed by atoms with van der Waals surface area (Å²) in [5.74, 6) is 0.961. The normalized spacial score (nSPS) is 16.5. The highest BCUT2D eigenvalue weighted by Crippen LogP contribution is 2.51. The van der Waals surface area contributed by atoms with Gasteiger partial charge in [0.25, 0.3) is 0 Å². The zero-order valence-electron chi connectivity index (χ0n) is 16.9. The summed E-state index contributed by atoms with van der Waals surface area (Å²) < 4.78 is 10.8. The number of ether oxygens (including phenoxy) is 2. The lowest BCUT2D eigenvalue weighted by Gasteiger charge is -2.18. The lowest BCUT2D eigenvalue weighted by molar-refractivity contribution is -0.122. The van der Waals surface area contributed by atoms with E-state index in [-0.39, 0.29) is 12.7 Å². The third-order valence-electron chi connectivity index (χ3n) is 6.28. The molecule has 2 aromatic carbocycles. The monoisotopic (exact) mass is 405 g/mol. The number of benzene rings is 2. The highest BCUT2D eigenvalue weighted by molar-refractivity contribution is 6.02. The van der Waals surface area contributed by atoms with E-state index in [0.717, 1.165) is 35.0 Å². The number of aromatic nitrogens is 1. The van der Waals surface area contributed by atoms with E-state index in [1.807, 2.05) is 42.5 Å². The van der Waals surface area contributed by atoms with Crippen molar-refractivity contribution in [1.82, 2.24) is 4.98 Å². The summed E-state index contributed by atoms with van der Waals surface area (Å²) in [6, 6.07) is 13.3. The van der Waals surface area contributed by atoms with Crippen molar-refractivity contribution in [1.29, 1.82) is 0 Å². The molecule has 5 rings (SSSR count). The van der Waals surface area contributed by atoms with Gasteiger partial charge in [0.15, 0.2) is 11.5 Å². The molecule has 2 amide bonds. The topological polar surface area (TPSA) is 106 Å². The predicted octanol–water partition coefficient (Wildman–Crippen LogP) is 3.33. The van der Waals surface area contributed by atoms with E-state index in [4.69, 9.17) is 15.2 Å². The first kappa shape index (κ1) is 18.5. The Hall–Kier alpha value is -3.48. The molecule has 1 aliphatic heterocycles. The summed E-state index contributed by atoms with van der Waals surface area (Å²) in [4.78, 5) is 28.1. The van der Waals surface area contributed by atoms with Crippen molar-refractivity contribution >= 4 is 28.4 Å². The van der Waals surface area contributed by atoms with Crippen LogP contribution in [0.2, 0.25) is 0 Å². The quantitative estimate of drug-likeness (QED) is 0.605. The number of hydrogen-bond acceptors (Lipinski definition) is 4. The second-order valence-electron chi connectivity index (χ2n) is 8.58. The van der Waals surface area contributed by atoms with Crippen LogP contribution in [-0.2, 0) is 20.4 Å². The van der Waals surface area contributed by atoms with Crippen LogP contribution < -0.4 is 20.5 Å². The molecule has 30 heavy (non-hydrogen) atoms. The average Bonchev–Trinajstić information content (AvgIpc) is 3.19. The van der Waals surface area contributed by atoms with E-state index in [1.54, 1.807) is 13.8 Å².